The van der Waals surface area contributed by atoms with E-state index in [9.17, 15) is 13.2 Å². The molecule has 0 atom stereocenters. The third-order valence-corrected chi connectivity index (χ3v) is 6.07. The highest BCUT2D eigenvalue weighted by molar-refractivity contribution is 7.90. The molecule has 0 spiro atoms. The summed E-state index contributed by atoms with van der Waals surface area (Å²) in [6.07, 6.45) is 0. The molecule has 1 amide bonds. The van der Waals surface area contributed by atoms with Crippen LogP contribution in [0, 0.1) is 19.8 Å². The van der Waals surface area contributed by atoms with Crippen LogP contribution in [0.4, 0.5) is 5.69 Å². The van der Waals surface area contributed by atoms with Gasteiger partial charge in [-0.1, -0.05) is 32.0 Å². The van der Waals surface area contributed by atoms with Gasteiger partial charge in [-0.2, -0.15) is 0 Å². The largest absolute Gasteiger partial charge is 0.332 e. The van der Waals surface area contributed by atoms with Crippen LogP contribution in [0.25, 0.3) is 0 Å². The van der Waals surface area contributed by atoms with Crippen molar-refractivity contribution in [2.75, 3.05) is 5.32 Å². The van der Waals surface area contributed by atoms with Crippen molar-refractivity contribution in [3.63, 3.8) is 0 Å². The maximum atomic E-state index is 12.6. The summed E-state index contributed by atoms with van der Waals surface area (Å²) in [5.74, 6) is -0.410. The van der Waals surface area contributed by atoms with Crippen LogP contribution in [-0.4, -0.2) is 19.4 Å². The molecule has 0 radical (unpaired) electrons. The molecule has 0 aromatic heterocycles. The van der Waals surface area contributed by atoms with Crippen LogP contribution in [0.2, 0.25) is 0 Å². The minimum atomic E-state index is -3.45. The average molecular weight is 405 g/mol. The van der Waals surface area contributed by atoms with Gasteiger partial charge in [0.05, 0.1) is 10.6 Å². The molecular weight excluding hydrogens is 380 g/mol. The number of carbonyl (C=O) groups is 1. The Labute approximate surface area is 166 Å². The lowest BCUT2D eigenvalue weighted by molar-refractivity contribution is -0.122. The summed E-state index contributed by atoms with van der Waals surface area (Å²) < 4.78 is 25.3. The van der Waals surface area contributed by atoms with Crippen molar-refractivity contribution in [1.82, 2.24) is 5.32 Å². The van der Waals surface area contributed by atoms with Crippen molar-refractivity contribution in [3.05, 3.63) is 59.2 Å². The first kappa shape index (κ1) is 21.1. The van der Waals surface area contributed by atoms with Gasteiger partial charge >= 0.3 is 0 Å². The number of hydrogen-bond acceptors (Lipinski definition) is 4. The molecule has 0 fully saturated rings. The van der Waals surface area contributed by atoms with Gasteiger partial charge in [-0.25, -0.2) is 8.42 Å². The number of benzene rings is 2. The van der Waals surface area contributed by atoms with Gasteiger partial charge in [0.25, 0.3) is 0 Å². The number of carbonyl (C=O) groups excluding carboxylic acids is 1. The van der Waals surface area contributed by atoms with Crippen molar-refractivity contribution in [2.45, 2.75) is 38.3 Å². The standard InChI is InChI=1S/C20H24N2O3S2/c1-13(2)19(23)22-20(26)21-17-7-9-18(10-8-17)27(24,25)12-16-6-5-14(3)15(4)11-16/h5-11,13H,12H2,1-4H3,(H2,21,22,23,26). The number of amides is 1. The van der Waals surface area contributed by atoms with Crippen LogP contribution in [0.3, 0.4) is 0 Å². The quantitative estimate of drug-likeness (QED) is 0.743. The number of aryl methyl sites for hydroxylation is 2. The molecule has 144 valence electrons. The predicted octanol–water partition coefficient (Wildman–Crippen LogP) is 3.75. The Morgan fingerprint density at radius 2 is 1.67 bits per heavy atom. The Kier molecular flexibility index (Phi) is 6.73. The third kappa shape index (κ3) is 5.87. The molecule has 7 heteroatoms. The van der Waals surface area contributed by atoms with Crippen molar-refractivity contribution in [3.8, 4) is 0 Å². The second-order valence-electron chi connectivity index (χ2n) is 6.80. The summed E-state index contributed by atoms with van der Waals surface area (Å²) in [6, 6.07) is 12.0. The fourth-order valence-corrected chi connectivity index (χ4v) is 3.91. The zero-order chi connectivity index (χ0) is 20.2. The van der Waals surface area contributed by atoms with Crippen LogP contribution in [0.15, 0.2) is 47.4 Å². The Balaban J connectivity index is 2.07. The molecule has 0 saturated heterocycles. The summed E-state index contributed by atoms with van der Waals surface area (Å²) in [6.45, 7) is 7.50. The molecule has 2 aromatic carbocycles. The first-order chi connectivity index (χ1) is 12.6. The molecular formula is C20H24N2O3S2. The highest BCUT2D eigenvalue weighted by atomic mass is 32.2. The van der Waals surface area contributed by atoms with Gasteiger partial charge in [-0.05, 0) is 67.0 Å². The van der Waals surface area contributed by atoms with Gasteiger partial charge in [0, 0.05) is 11.6 Å². The summed E-state index contributed by atoms with van der Waals surface area (Å²) >= 11 is 5.09. The van der Waals surface area contributed by atoms with Gasteiger partial charge in [0.1, 0.15) is 0 Å². The van der Waals surface area contributed by atoms with Crippen LogP contribution in [-0.2, 0) is 20.4 Å². The van der Waals surface area contributed by atoms with E-state index in [4.69, 9.17) is 12.2 Å². The van der Waals surface area contributed by atoms with E-state index in [-0.39, 0.29) is 27.6 Å². The number of thiocarbonyl (C=S) groups is 1. The van der Waals surface area contributed by atoms with E-state index in [0.717, 1.165) is 16.7 Å². The van der Waals surface area contributed by atoms with E-state index < -0.39 is 9.84 Å². The lowest BCUT2D eigenvalue weighted by Crippen LogP contribution is -2.36. The van der Waals surface area contributed by atoms with Gasteiger partial charge in [0.2, 0.25) is 5.91 Å². The normalized spacial score (nSPS) is 11.3. The number of sulfone groups is 1. The maximum Gasteiger partial charge on any atom is 0.228 e. The molecule has 0 unspecified atom stereocenters. The minimum Gasteiger partial charge on any atom is -0.332 e. The van der Waals surface area contributed by atoms with Crippen LogP contribution >= 0.6 is 12.2 Å². The second kappa shape index (κ2) is 8.63. The van der Waals surface area contributed by atoms with E-state index in [0.29, 0.717) is 5.69 Å². The summed E-state index contributed by atoms with van der Waals surface area (Å²) in [4.78, 5) is 11.9. The van der Waals surface area contributed by atoms with Crippen LogP contribution < -0.4 is 10.6 Å². The Morgan fingerprint density at radius 1 is 1.04 bits per heavy atom. The first-order valence-electron chi connectivity index (χ1n) is 8.59. The zero-order valence-corrected chi connectivity index (χ0v) is 17.5. The Morgan fingerprint density at radius 3 is 2.22 bits per heavy atom. The molecule has 0 bridgehead atoms. The van der Waals surface area contributed by atoms with Crippen molar-refractivity contribution < 1.29 is 13.2 Å². The van der Waals surface area contributed by atoms with E-state index in [1.54, 1.807) is 26.0 Å². The van der Waals surface area contributed by atoms with Crippen molar-refractivity contribution >= 4 is 38.8 Å². The van der Waals surface area contributed by atoms with E-state index in [2.05, 4.69) is 10.6 Å². The monoisotopic (exact) mass is 404 g/mol. The van der Waals surface area contributed by atoms with E-state index in [1.165, 1.54) is 12.1 Å². The van der Waals surface area contributed by atoms with Gasteiger partial charge in [0.15, 0.2) is 14.9 Å². The average Bonchev–Trinajstić information content (AvgIpc) is 2.58. The summed E-state index contributed by atoms with van der Waals surface area (Å²) in [7, 11) is -3.45. The molecule has 0 aliphatic rings. The molecule has 27 heavy (non-hydrogen) atoms. The molecule has 0 saturated carbocycles. The van der Waals surface area contributed by atoms with E-state index in [1.807, 2.05) is 32.0 Å². The highest BCUT2D eigenvalue weighted by Gasteiger charge is 2.16. The lowest BCUT2D eigenvalue weighted by Gasteiger charge is -2.12. The SMILES string of the molecule is Cc1ccc(CS(=O)(=O)c2ccc(NC(=S)NC(=O)C(C)C)cc2)cc1C. The smallest absolute Gasteiger partial charge is 0.228 e. The van der Waals surface area contributed by atoms with Gasteiger partial charge < -0.3 is 10.6 Å². The fraction of sp³-hybridized carbons (Fsp3) is 0.300. The minimum absolute atomic E-state index is 0.0518. The molecule has 2 aromatic rings. The summed E-state index contributed by atoms with van der Waals surface area (Å²) in [5.41, 5.74) is 3.57. The Bertz CT molecular complexity index is 950. The van der Waals surface area contributed by atoms with Gasteiger partial charge in [-0.15, -0.1) is 0 Å². The van der Waals surface area contributed by atoms with Crippen molar-refractivity contribution in [2.24, 2.45) is 5.92 Å². The molecule has 0 heterocycles. The highest BCUT2D eigenvalue weighted by Crippen LogP contribution is 2.20. The lowest BCUT2D eigenvalue weighted by atomic mass is 10.1. The predicted molar refractivity (Wildman–Crippen MR) is 112 cm³/mol. The first-order valence-corrected chi connectivity index (χ1v) is 10.7. The second-order valence-corrected chi connectivity index (χ2v) is 9.20. The van der Waals surface area contributed by atoms with Crippen LogP contribution in [0.5, 0.6) is 0 Å². The molecule has 0 aliphatic heterocycles. The van der Waals surface area contributed by atoms with E-state index >= 15 is 0 Å². The van der Waals surface area contributed by atoms with Crippen molar-refractivity contribution in [1.29, 1.82) is 0 Å². The number of rotatable bonds is 5. The number of hydrogen-bond donors (Lipinski definition) is 2. The number of nitrogens with one attached hydrogen (secondary N) is 2. The topological polar surface area (TPSA) is 75.3 Å². The molecule has 0 aliphatic carbocycles. The Hall–Kier alpha value is -2.25. The summed E-state index contributed by atoms with van der Waals surface area (Å²) in [5, 5.41) is 5.63. The van der Waals surface area contributed by atoms with Gasteiger partial charge in [-0.3, -0.25) is 4.79 Å². The fourth-order valence-electron chi connectivity index (χ4n) is 2.36. The molecule has 2 rings (SSSR count). The maximum absolute atomic E-state index is 12.6. The zero-order valence-electron chi connectivity index (χ0n) is 15.9. The number of anilines is 1. The molecule has 5 nitrogen and oxygen atoms in total. The van der Waals surface area contributed by atoms with Crippen LogP contribution in [0.1, 0.15) is 30.5 Å². The third-order valence-electron chi connectivity index (χ3n) is 4.16. The molecule has 2 N–H and O–H groups in total.